The summed E-state index contributed by atoms with van der Waals surface area (Å²) in [5, 5.41) is 15.4. The quantitative estimate of drug-likeness (QED) is 0.801. The third-order valence-corrected chi connectivity index (χ3v) is 3.52. The highest BCUT2D eigenvalue weighted by Gasteiger charge is 2.14. The van der Waals surface area contributed by atoms with Crippen molar-refractivity contribution in [2.24, 2.45) is 0 Å². The van der Waals surface area contributed by atoms with Gasteiger partial charge in [0, 0.05) is 29.0 Å². The normalized spacial score (nSPS) is 12.7. The molecule has 4 heteroatoms. The number of aliphatic hydroxyl groups excluding tert-OH is 1. The number of rotatable bonds is 3. The number of fused-ring (bicyclic) bond motifs is 1. The molecule has 1 aliphatic rings. The van der Waals surface area contributed by atoms with E-state index in [1.807, 2.05) is 30.3 Å². The number of nitrogens with one attached hydrogen (secondary N) is 2. The molecule has 0 fully saturated rings. The van der Waals surface area contributed by atoms with Crippen molar-refractivity contribution in [1.82, 2.24) is 0 Å². The molecule has 2 aromatic rings. The number of hydrogen-bond donors (Lipinski definition) is 3. The molecule has 0 bridgehead atoms. The van der Waals surface area contributed by atoms with Crippen LogP contribution in [0.1, 0.15) is 21.5 Å². The fourth-order valence-corrected chi connectivity index (χ4v) is 2.41. The molecule has 0 saturated heterocycles. The molecule has 0 unspecified atom stereocenters. The summed E-state index contributed by atoms with van der Waals surface area (Å²) in [7, 11) is 0. The third-order valence-electron chi connectivity index (χ3n) is 3.52. The molecular formula is C16H16N2O2. The fraction of sp³-hybridized carbons (Fsp3) is 0.188. The van der Waals surface area contributed by atoms with E-state index in [0.29, 0.717) is 16.8 Å². The summed E-state index contributed by atoms with van der Waals surface area (Å²) in [4.78, 5) is 12.3. The van der Waals surface area contributed by atoms with Gasteiger partial charge in [0.15, 0.2) is 0 Å². The van der Waals surface area contributed by atoms with Crippen molar-refractivity contribution in [3.8, 4) is 0 Å². The van der Waals surface area contributed by atoms with Crippen molar-refractivity contribution in [3.05, 3.63) is 59.2 Å². The van der Waals surface area contributed by atoms with Gasteiger partial charge in [0.1, 0.15) is 0 Å². The number of aliphatic hydroxyl groups is 1. The first-order valence-corrected chi connectivity index (χ1v) is 6.65. The molecular weight excluding hydrogens is 252 g/mol. The lowest BCUT2D eigenvalue weighted by Crippen LogP contribution is -2.13. The van der Waals surface area contributed by atoms with Crippen LogP contribution in [0.5, 0.6) is 0 Å². The van der Waals surface area contributed by atoms with Gasteiger partial charge in [-0.25, -0.2) is 0 Å². The van der Waals surface area contributed by atoms with E-state index in [2.05, 4.69) is 10.6 Å². The van der Waals surface area contributed by atoms with Gasteiger partial charge in [0.05, 0.1) is 6.61 Å². The van der Waals surface area contributed by atoms with Crippen LogP contribution < -0.4 is 10.6 Å². The van der Waals surface area contributed by atoms with Gasteiger partial charge in [0.2, 0.25) is 0 Å². The van der Waals surface area contributed by atoms with Crippen LogP contribution >= 0.6 is 0 Å². The van der Waals surface area contributed by atoms with E-state index in [4.69, 9.17) is 0 Å². The highest BCUT2D eigenvalue weighted by Crippen LogP contribution is 2.24. The topological polar surface area (TPSA) is 61.4 Å². The molecule has 0 spiro atoms. The van der Waals surface area contributed by atoms with Gasteiger partial charge in [-0.3, -0.25) is 4.79 Å². The maximum atomic E-state index is 12.3. The Morgan fingerprint density at radius 1 is 1.25 bits per heavy atom. The van der Waals surface area contributed by atoms with E-state index in [0.717, 1.165) is 18.7 Å². The second-order valence-electron chi connectivity index (χ2n) is 4.82. The van der Waals surface area contributed by atoms with Crippen LogP contribution in [0.3, 0.4) is 0 Å². The Labute approximate surface area is 117 Å². The maximum absolute atomic E-state index is 12.3. The fourth-order valence-electron chi connectivity index (χ4n) is 2.41. The second-order valence-corrected chi connectivity index (χ2v) is 4.82. The van der Waals surface area contributed by atoms with Gasteiger partial charge in [-0.1, -0.05) is 24.3 Å². The number of hydrogen-bond acceptors (Lipinski definition) is 3. The van der Waals surface area contributed by atoms with Crippen LogP contribution in [-0.4, -0.2) is 17.6 Å². The van der Waals surface area contributed by atoms with Crippen LogP contribution in [-0.2, 0) is 13.0 Å². The van der Waals surface area contributed by atoms with Crippen molar-refractivity contribution in [3.63, 3.8) is 0 Å². The first-order chi connectivity index (χ1) is 9.78. The van der Waals surface area contributed by atoms with Crippen molar-refractivity contribution >= 4 is 17.3 Å². The molecule has 3 N–H and O–H groups in total. The van der Waals surface area contributed by atoms with Gasteiger partial charge in [-0.15, -0.1) is 0 Å². The van der Waals surface area contributed by atoms with Crippen LogP contribution in [0, 0.1) is 0 Å². The number of carbonyl (C=O) groups excluding carboxylic acids is 1. The number of para-hydroxylation sites is 1. The number of carbonyl (C=O) groups is 1. The molecule has 0 aromatic heterocycles. The Bertz CT molecular complexity index is 653. The smallest absolute Gasteiger partial charge is 0.255 e. The summed E-state index contributed by atoms with van der Waals surface area (Å²) >= 11 is 0. The first kappa shape index (κ1) is 12.7. The maximum Gasteiger partial charge on any atom is 0.255 e. The lowest BCUT2D eigenvalue weighted by Gasteiger charge is -2.10. The highest BCUT2D eigenvalue weighted by molar-refractivity contribution is 6.05. The lowest BCUT2D eigenvalue weighted by molar-refractivity contribution is 0.102. The predicted octanol–water partition coefficient (Wildman–Crippen LogP) is 2.40. The minimum atomic E-state index is -0.164. The van der Waals surface area contributed by atoms with E-state index < -0.39 is 0 Å². The molecule has 2 aromatic carbocycles. The van der Waals surface area contributed by atoms with Gasteiger partial charge < -0.3 is 15.7 Å². The first-order valence-electron chi connectivity index (χ1n) is 6.65. The summed E-state index contributed by atoms with van der Waals surface area (Å²) in [6.45, 7) is 0.829. The third kappa shape index (κ3) is 2.38. The van der Waals surface area contributed by atoms with E-state index in [1.54, 1.807) is 12.1 Å². The SMILES string of the molecule is O=C(Nc1ccccc1CO)c1ccc2c(c1)NCC2. The number of anilines is 2. The molecule has 20 heavy (non-hydrogen) atoms. The standard InChI is InChI=1S/C16H16N2O2/c19-10-13-3-1-2-4-14(13)18-16(20)12-6-5-11-7-8-17-15(11)9-12/h1-6,9,17,19H,7-8,10H2,(H,18,20). The average molecular weight is 268 g/mol. The Morgan fingerprint density at radius 3 is 2.95 bits per heavy atom. The summed E-state index contributed by atoms with van der Waals surface area (Å²) < 4.78 is 0. The van der Waals surface area contributed by atoms with E-state index in [-0.39, 0.29) is 12.5 Å². The van der Waals surface area contributed by atoms with Crippen molar-refractivity contribution in [2.45, 2.75) is 13.0 Å². The van der Waals surface area contributed by atoms with E-state index in [1.165, 1.54) is 5.56 Å². The Balaban J connectivity index is 1.83. The molecule has 0 atom stereocenters. The molecule has 0 aliphatic carbocycles. The lowest BCUT2D eigenvalue weighted by atomic mass is 10.1. The molecule has 102 valence electrons. The Kier molecular flexibility index (Phi) is 3.39. The minimum Gasteiger partial charge on any atom is -0.392 e. The predicted molar refractivity (Wildman–Crippen MR) is 79.0 cm³/mol. The van der Waals surface area contributed by atoms with Gasteiger partial charge in [-0.05, 0) is 30.2 Å². The van der Waals surface area contributed by atoms with Crippen LogP contribution in [0.25, 0.3) is 0 Å². The molecule has 3 rings (SSSR count). The van der Waals surface area contributed by atoms with Crippen LogP contribution in [0.4, 0.5) is 11.4 Å². The minimum absolute atomic E-state index is 0.0950. The monoisotopic (exact) mass is 268 g/mol. The molecule has 1 aliphatic heterocycles. The average Bonchev–Trinajstić information content (AvgIpc) is 2.95. The summed E-state index contributed by atoms with van der Waals surface area (Å²) in [5.74, 6) is -0.164. The molecule has 1 heterocycles. The van der Waals surface area contributed by atoms with Gasteiger partial charge in [-0.2, -0.15) is 0 Å². The largest absolute Gasteiger partial charge is 0.392 e. The Morgan fingerprint density at radius 2 is 2.10 bits per heavy atom. The zero-order valence-corrected chi connectivity index (χ0v) is 11.0. The molecule has 0 radical (unpaired) electrons. The Hall–Kier alpha value is -2.33. The van der Waals surface area contributed by atoms with Crippen molar-refractivity contribution in [1.29, 1.82) is 0 Å². The van der Waals surface area contributed by atoms with Gasteiger partial charge >= 0.3 is 0 Å². The molecule has 4 nitrogen and oxygen atoms in total. The summed E-state index contributed by atoms with van der Waals surface area (Å²) in [5.41, 5.74) is 4.25. The number of benzene rings is 2. The highest BCUT2D eigenvalue weighted by atomic mass is 16.3. The summed E-state index contributed by atoms with van der Waals surface area (Å²) in [6, 6.07) is 12.9. The second kappa shape index (κ2) is 5.35. The van der Waals surface area contributed by atoms with Crippen molar-refractivity contribution < 1.29 is 9.90 Å². The summed E-state index contributed by atoms with van der Waals surface area (Å²) in [6.07, 6.45) is 1.00. The molecule has 1 amide bonds. The van der Waals surface area contributed by atoms with Crippen molar-refractivity contribution in [2.75, 3.05) is 17.2 Å². The number of amides is 1. The zero-order valence-electron chi connectivity index (χ0n) is 11.0. The van der Waals surface area contributed by atoms with Gasteiger partial charge in [0.25, 0.3) is 5.91 Å². The zero-order chi connectivity index (χ0) is 13.9. The van der Waals surface area contributed by atoms with Crippen LogP contribution in [0.2, 0.25) is 0 Å². The van der Waals surface area contributed by atoms with E-state index >= 15 is 0 Å². The van der Waals surface area contributed by atoms with Crippen LogP contribution in [0.15, 0.2) is 42.5 Å². The molecule has 0 saturated carbocycles. The van der Waals surface area contributed by atoms with E-state index in [9.17, 15) is 9.90 Å².